The fourth-order valence-corrected chi connectivity index (χ4v) is 2.61. The lowest BCUT2D eigenvalue weighted by atomic mass is 10.1. The maximum Gasteiger partial charge on any atom is 0.191 e. The maximum atomic E-state index is 9.94. The van der Waals surface area contributed by atoms with E-state index < -0.39 is 0 Å². The van der Waals surface area contributed by atoms with Crippen LogP contribution in [0.2, 0.25) is 5.02 Å². The molecular formula is C18H22ClN3O2. The van der Waals surface area contributed by atoms with Crippen LogP contribution >= 0.6 is 11.6 Å². The number of halogens is 1. The van der Waals surface area contributed by atoms with Gasteiger partial charge in [0, 0.05) is 24.2 Å². The number of aromatic hydroxyl groups is 1. The zero-order chi connectivity index (χ0) is 17.5. The van der Waals surface area contributed by atoms with Gasteiger partial charge in [0.2, 0.25) is 0 Å². The van der Waals surface area contributed by atoms with Gasteiger partial charge in [0.25, 0.3) is 0 Å². The van der Waals surface area contributed by atoms with Gasteiger partial charge >= 0.3 is 0 Å². The van der Waals surface area contributed by atoms with Gasteiger partial charge in [-0.1, -0.05) is 29.8 Å². The van der Waals surface area contributed by atoms with Gasteiger partial charge < -0.3 is 20.5 Å². The topological polar surface area (TPSA) is 65.9 Å². The van der Waals surface area contributed by atoms with E-state index in [1.807, 2.05) is 31.2 Å². The highest BCUT2D eigenvalue weighted by Crippen LogP contribution is 2.23. The third-order valence-electron chi connectivity index (χ3n) is 3.68. The summed E-state index contributed by atoms with van der Waals surface area (Å²) in [6, 6.07) is 12.8. The van der Waals surface area contributed by atoms with E-state index in [4.69, 9.17) is 16.3 Å². The predicted molar refractivity (Wildman–Crippen MR) is 97.9 cm³/mol. The van der Waals surface area contributed by atoms with E-state index in [1.54, 1.807) is 32.4 Å². The fraction of sp³-hybridized carbons (Fsp3) is 0.278. The van der Waals surface area contributed by atoms with Gasteiger partial charge in [-0.25, -0.2) is 0 Å². The summed E-state index contributed by atoms with van der Waals surface area (Å²) in [4.78, 5) is 4.21. The van der Waals surface area contributed by atoms with Crippen LogP contribution in [0.25, 0.3) is 0 Å². The molecule has 2 aromatic rings. The molecule has 0 amide bonds. The maximum absolute atomic E-state index is 9.94. The minimum Gasteiger partial charge on any atom is -0.508 e. The number of benzene rings is 2. The quantitative estimate of drug-likeness (QED) is 0.572. The Morgan fingerprint density at radius 2 is 2.04 bits per heavy atom. The average Bonchev–Trinajstić information content (AvgIpc) is 2.60. The summed E-state index contributed by atoms with van der Waals surface area (Å²) in [7, 11) is 3.29. The molecule has 3 N–H and O–H groups in total. The first-order valence-electron chi connectivity index (χ1n) is 7.62. The second-order valence-corrected chi connectivity index (χ2v) is 5.72. The summed E-state index contributed by atoms with van der Waals surface area (Å²) in [6.45, 7) is 2.43. The molecule has 0 spiro atoms. The van der Waals surface area contributed by atoms with Crippen molar-refractivity contribution in [2.45, 2.75) is 19.5 Å². The molecule has 0 heterocycles. The monoisotopic (exact) mass is 347 g/mol. The predicted octanol–water partition coefficient (Wildman–Crippen LogP) is 3.48. The van der Waals surface area contributed by atoms with E-state index in [-0.39, 0.29) is 11.8 Å². The number of phenolic OH excluding ortho intramolecular Hbond substituents is 1. The minimum absolute atomic E-state index is 0.0104. The third kappa shape index (κ3) is 4.55. The number of guanidine groups is 1. The number of ether oxygens (including phenoxy) is 1. The van der Waals surface area contributed by atoms with Crippen molar-refractivity contribution in [1.29, 1.82) is 0 Å². The van der Waals surface area contributed by atoms with Crippen LogP contribution in [0, 0.1) is 0 Å². The molecule has 2 aromatic carbocycles. The number of hydrogen-bond donors (Lipinski definition) is 3. The summed E-state index contributed by atoms with van der Waals surface area (Å²) in [5, 5.41) is 17.1. The van der Waals surface area contributed by atoms with Crippen molar-refractivity contribution in [3.05, 3.63) is 58.6 Å². The van der Waals surface area contributed by atoms with E-state index >= 15 is 0 Å². The number of hydrogen-bond acceptors (Lipinski definition) is 3. The Kier molecular flexibility index (Phi) is 6.32. The molecule has 0 radical (unpaired) electrons. The van der Waals surface area contributed by atoms with E-state index in [0.29, 0.717) is 23.3 Å². The van der Waals surface area contributed by atoms with E-state index in [1.165, 1.54) is 0 Å². The van der Waals surface area contributed by atoms with E-state index in [9.17, 15) is 5.11 Å². The SMILES string of the molecule is CN=C(NCc1cc(OC)ccc1O)NC(C)c1ccccc1Cl. The van der Waals surface area contributed by atoms with Crippen molar-refractivity contribution >= 4 is 17.6 Å². The lowest BCUT2D eigenvalue weighted by molar-refractivity contribution is 0.410. The van der Waals surface area contributed by atoms with Gasteiger partial charge in [0.15, 0.2) is 5.96 Å². The zero-order valence-corrected chi connectivity index (χ0v) is 14.8. The van der Waals surface area contributed by atoms with Crippen LogP contribution in [0.4, 0.5) is 0 Å². The van der Waals surface area contributed by atoms with Crippen molar-refractivity contribution in [3.63, 3.8) is 0 Å². The van der Waals surface area contributed by atoms with Gasteiger partial charge in [-0.05, 0) is 36.8 Å². The second-order valence-electron chi connectivity index (χ2n) is 5.31. The first-order valence-corrected chi connectivity index (χ1v) is 8.00. The molecule has 0 bridgehead atoms. The number of aliphatic imine (C=N–C) groups is 1. The van der Waals surface area contributed by atoms with Crippen LogP contribution in [0.3, 0.4) is 0 Å². The van der Waals surface area contributed by atoms with Crippen LogP contribution in [0.5, 0.6) is 11.5 Å². The largest absolute Gasteiger partial charge is 0.508 e. The number of rotatable bonds is 5. The van der Waals surface area contributed by atoms with Crippen molar-refractivity contribution in [2.24, 2.45) is 4.99 Å². The highest BCUT2D eigenvalue weighted by atomic mass is 35.5. The first-order chi connectivity index (χ1) is 11.5. The molecule has 1 atom stereocenters. The Balaban J connectivity index is 2.02. The Hall–Kier alpha value is -2.40. The van der Waals surface area contributed by atoms with Crippen molar-refractivity contribution in [3.8, 4) is 11.5 Å². The molecule has 5 nitrogen and oxygen atoms in total. The molecule has 1 unspecified atom stereocenters. The average molecular weight is 348 g/mol. The summed E-state index contributed by atoms with van der Waals surface area (Å²) >= 11 is 6.23. The third-order valence-corrected chi connectivity index (χ3v) is 4.03. The van der Waals surface area contributed by atoms with Crippen molar-refractivity contribution < 1.29 is 9.84 Å². The Morgan fingerprint density at radius 1 is 1.29 bits per heavy atom. The number of phenols is 1. The van der Waals surface area contributed by atoms with Gasteiger partial charge in [-0.15, -0.1) is 0 Å². The number of methoxy groups -OCH3 is 1. The van der Waals surface area contributed by atoms with Gasteiger partial charge in [0.1, 0.15) is 11.5 Å². The summed E-state index contributed by atoms with van der Waals surface area (Å²) in [5.74, 6) is 1.51. The fourth-order valence-electron chi connectivity index (χ4n) is 2.31. The van der Waals surface area contributed by atoms with Crippen LogP contribution in [-0.4, -0.2) is 25.2 Å². The highest BCUT2D eigenvalue weighted by Gasteiger charge is 2.11. The molecule has 0 aliphatic carbocycles. The molecular weight excluding hydrogens is 326 g/mol. The zero-order valence-electron chi connectivity index (χ0n) is 14.0. The van der Waals surface area contributed by atoms with E-state index in [0.717, 1.165) is 11.1 Å². The molecule has 0 aromatic heterocycles. The number of nitrogens with one attached hydrogen (secondary N) is 2. The lowest BCUT2D eigenvalue weighted by Crippen LogP contribution is -2.38. The van der Waals surface area contributed by atoms with Crippen LogP contribution in [0.15, 0.2) is 47.5 Å². The second kappa shape index (κ2) is 8.45. The van der Waals surface area contributed by atoms with Gasteiger partial charge in [-0.3, -0.25) is 4.99 Å². The molecule has 2 rings (SSSR count). The normalized spacial score (nSPS) is 12.6. The highest BCUT2D eigenvalue weighted by molar-refractivity contribution is 6.31. The van der Waals surface area contributed by atoms with Crippen LogP contribution in [-0.2, 0) is 6.54 Å². The Bertz CT molecular complexity index is 719. The summed E-state index contributed by atoms with van der Waals surface area (Å²) in [6.07, 6.45) is 0. The first kappa shape index (κ1) is 17.9. The molecule has 128 valence electrons. The van der Waals surface area contributed by atoms with Gasteiger partial charge in [-0.2, -0.15) is 0 Å². The van der Waals surface area contributed by atoms with E-state index in [2.05, 4.69) is 15.6 Å². The van der Waals surface area contributed by atoms with Crippen molar-refractivity contribution in [1.82, 2.24) is 10.6 Å². The Labute approximate surface area is 147 Å². The minimum atomic E-state index is -0.0104. The molecule has 0 saturated heterocycles. The molecule has 6 heteroatoms. The molecule has 24 heavy (non-hydrogen) atoms. The Morgan fingerprint density at radius 3 is 2.71 bits per heavy atom. The summed E-state index contributed by atoms with van der Waals surface area (Å²) in [5.41, 5.74) is 1.72. The smallest absolute Gasteiger partial charge is 0.191 e. The standard InChI is InChI=1S/C18H22ClN3O2/c1-12(15-6-4-5-7-16(15)19)22-18(20-2)21-11-13-10-14(24-3)8-9-17(13)23/h4-10,12,23H,11H2,1-3H3,(H2,20,21,22). The lowest BCUT2D eigenvalue weighted by Gasteiger charge is -2.19. The number of nitrogens with zero attached hydrogens (tertiary/aromatic N) is 1. The van der Waals surface area contributed by atoms with Gasteiger partial charge in [0.05, 0.1) is 13.2 Å². The molecule has 0 aliphatic rings. The van der Waals surface area contributed by atoms with Crippen LogP contribution in [0.1, 0.15) is 24.1 Å². The summed E-state index contributed by atoms with van der Waals surface area (Å²) < 4.78 is 5.18. The van der Waals surface area contributed by atoms with Crippen molar-refractivity contribution in [2.75, 3.05) is 14.2 Å². The van der Waals surface area contributed by atoms with Crippen LogP contribution < -0.4 is 15.4 Å². The molecule has 0 saturated carbocycles. The molecule has 0 aliphatic heterocycles. The molecule has 0 fully saturated rings.